The minimum atomic E-state index is -0.513. The van der Waals surface area contributed by atoms with Crippen molar-refractivity contribution >= 4 is 34.1 Å². The number of nitrogens with zero attached hydrogens (tertiary/aromatic N) is 4. The quantitative estimate of drug-likeness (QED) is 0.408. The number of H-pyrrole nitrogens is 2. The predicted molar refractivity (Wildman–Crippen MR) is 118 cm³/mol. The minimum absolute atomic E-state index is 0.366. The van der Waals surface area contributed by atoms with Gasteiger partial charge in [-0.05, 0) is 32.0 Å². The van der Waals surface area contributed by atoms with Crippen molar-refractivity contribution in [1.82, 2.24) is 30.0 Å². The summed E-state index contributed by atoms with van der Waals surface area (Å²) in [6.45, 7) is 4.87. The third-order valence-electron chi connectivity index (χ3n) is 5.48. The maximum atomic E-state index is 9.79. The lowest BCUT2D eigenvalue weighted by molar-refractivity contribution is 0.0146. The second-order valence-electron chi connectivity index (χ2n) is 7.60. The van der Waals surface area contributed by atoms with E-state index in [0.29, 0.717) is 46.0 Å². The lowest BCUT2D eigenvalue weighted by Crippen LogP contribution is -2.27. The first-order chi connectivity index (χ1) is 14.9. The molecule has 4 heterocycles. The Morgan fingerprint density at radius 1 is 1.16 bits per heavy atom. The van der Waals surface area contributed by atoms with Gasteiger partial charge in [0, 0.05) is 36.4 Å². The summed E-state index contributed by atoms with van der Waals surface area (Å²) in [5.41, 5.74) is 4.20. The Balaban J connectivity index is 1.44. The smallest absolute Gasteiger partial charge is 0.159 e. The second-order valence-corrected chi connectivity index (χ2v) is 8.42. The van der Waals surface area contributed by atoms with Crippen LogP contribution in [0.5, 0.6) is 5.75 Å². The van der Waals surface area contributed by atoms with Crippen LogP contribution in [0, 0.1) is 0 Å². The molecule has 0 aliphatic carbocycles. The van der Waals surface area contributed by atoms with Gasteiger partial charge in [0.1, 0.15) is 23.8 Å². The van der Waals surface area contributed by atoms with Crippen LogP contribution in [0.15, 0.2) is 30.6 Å². The molecule has 5 rings (SSSR count). The highest BCUT2D eigenvalue weighted by molar-refractivity contribution is 6.35. The SMILES string of the molecule is CC(Oc1ccc2[nH]nc(-c3nc4c([nH]3)CN(C(C)O)C4)c2c1)c1c(Cl)cncc1Cl. The zero-order valence-electron chi connectivity index (χ0n) is 16.9. The summed E-state index contributed by atoms with van der Waals surface area (Å²) < 4.78 is 6.13. The van der Waals surface area contributed by atoms with Crippen molar-refractivity contribution < 1.29 is 9.84 Å². The van der Waals surface area contributed by atoms with Crippen LogP contribution in [0.2, 0.25) is 10.0 Å². The number of benzene rings is 1. The maximum absolute atomic E-state index is 9.79. The molecule has 3 N–H and O–H groups in total. The van der Waals surface area contributed by atoms with Gasteiger partial charge in [0.15, 0.2) is 5.82 Å². The molecule has 1 aliphatic heterocycles. The number of aliphatic hydroxyl groups is 1. The first-order valence-electron chi connectivity index (χ1n) is 9.84. The van der Waals surface area contributed by atoms with Crippen molar-refractivity contribution in [3.8, 4) is 17.3 Å². The number of pyridine rings is 1. The average molecular weight is 459 g/mol. The molecule has 31 heavy (non-hydrogen) atoms. The van der Waals surface area contributed by atoms with Crippen molar-refractivity contribution in [3.05, 3.63) is 57.6 Å². The second kappa shape index (κ2) is 7.80. The highest BCUT2D eigenvalue weighted by Crippen LogP contribution is 2.35. The monoisotopic (exact) mass is 458 g/mol. The standard InChI is InChI=1S/C21H20Cl2N6O2/c1-10(19-14(22)6-24-7-15(19)23)31-12-3-4-16-13(5-12)20(28-27-16)21-25-17-8-29(11(2)30)9-18(17)26-21/h3-7,10-11,30H,8-9H2,1-2H3,(H,25,26)(H,27,28). The first-order valence-corrected chi connectivity index (χ1v) is 10.6. The molecule has 0 amide bonds. The van der Waals surface area contributed by atoms with E-state index in [9.17, 15) is 5.11 Å². The molecule has 4 aromatic rings. The van der Waals surface area contributed by atoms with E-state index in [1.165, 1.54) is 0 Å². The third-order valence-corrected chi connectivity index (χ3v) is 6.08. The lowest BCUT2D eigenvalue weighted by atomic mass is 10.1. The molecule has 0 radical (unpaired) electrons. The highest BCUT2D eigenvalue weighted by Gasteiger charge is 2.27. The molecule has 1 aromatic carbocycles. The van der Waals surface area contributed by atoms with Crippen LogP contribution in [0.3, 0.4) is 0 Å². The van der Waals surface area contributed by atoms with Crippen LogP contribution >= 0.6 is 23.2 Å². The zero-order valence-corrected chi connectivity index (χ0v) is 18.4. The minimum Gasteiger partial charge on any atom is -0.486 e. The van der Waals surface area contributed by atoms with Gasteiger partial charge < -0.3 is 14.8 Å². The van der Waals surface area contributed by atoms with E-state index >= 15 is 0 Å². The molecule has 2 unspecified atom stereocenters. The number of hydrogen-bond donors (Lipinski definition) is 3. The number of imidazole rings is 1. The van der Waals surface area contributed by atoms with Gasteiger partial charge >= 0.3 is 0 Å². The van der Waals surface area contributed by atoms with Gasteiger partial charge in [-0.2, -0.15) is 5.10 Å². The molecule has 0 saturated carbocycles. The Kier molecular flexibility index (Phi) is 5.10. The van der Waals surface area contributed by atoms with Crippen LogP contribution in [0.4, 0.5) is 0 Å². The van der Waals surface area contributed by atoms with Gasteiger partial charge in [0.25, 0.3) is 0 Å². The molecule has 0 spiro atoms. The van der Waals surface area contributed by atoms with Crippen molar-refractivity contribution in [2.75, 3.05) is 0 Å². The van der Waals surface area contributed by atoms with Crippen molar-refractivity contribution in [2.45, 2.75) is 39.3 Å². The number of fused-ring (bicyclic) bond motifs is 2. The summed E-state index contributed by atoms with van der Waals surface area (Å²) in [5.74, 6) is 1.35. The molecule has 0 fully saturated rings. The summed E-state index contributed by atoms with van der Waals surface area (Å²) in [6.07, 6.45) is 2.22. The van der Waals surface area contributed by atoms with Crippen LogP contribution < -0.4 is 4.74 Å². The van der Waals surface area contributed by atoms with Crippen LogP contribution in [-0.4, -0.2) is 41.4 Å². The van der Waals surface area contributed by atoms with Crippen LogP contribution in [0.25, 0.3) is 22.4 Å². The van der Waals surface area contributed by atoms with Crippen molar-refractivity contribution in [3.63, 3.8) is 0 Å². The fourth-order valence-corrected chi connectivity index (χ4v) is 4.53. The molecule has 160 valence electrons. The normalized spacial score (nSPS) is 15.9. The van der Waals surface area contributed by atoms with Crippen LogP contribution in [0.1, 0.15) is 36.9 Å². The number of aromatic amines is 2. The molecule has 3 aromatic heterocycles. The lowest BCUT2D eigenvalue weighted by Gasteiger charge is -2.17. The van der Waals surface area contributed by atoms with Gasteiger partial charge in [-0.1, -0.05) is 23.2 Å². The van der Waals surface area contributed by atoms with Gasteiger partial charge in [0.2, 0.25) is 0 Å². The Labute approximate surface area is 188 Å². The van der Waals surface area contributed by atoms with E-state index in [1.807, 2.05) is 30.0 Å². The largest absolute Gasteiger partial charge is 0.486 e. The predicted octanol–water partition coefficient (Wildman–Crippen LogP) is 4.45. The number of halogens is 2. The molecule has 8 nitrogen and oxygen atoms in total. The highest BCUT2D eigenvalue weighted by atomic mass is 35.5. The molecular formula is C21H20Cl2N6O2. The molecule has 10 heteroatoms. The fourth-order valence-electron chi connectivity index (χ4n) is 3.85. The maximum Gasteiger partial charge on any atom is 0.159 e. The van der Waals surface area contributed by atoms with E-state index in [1.54, 1.807) is 19.3 Å². The number of hydrogen-bond acceptors (Lipinski definition) is 6. The topological polar surface area (TPSA) is 103 Å². The summed E-state index contributed by atoms with van der Waals surface area (Å²) in [6, 6.07) is 5.70. The summed E-state index contributed by atoms with van der Waals surface area (Å²) >= 11 is 12.5. The molecular weight excluding hydrogens is 439 g/mol. The van der Waals surface area contributed by atoms with E-state index in [0.717, 1.165) is 22.3 Å². The summed E-state index contributed by atoms with van der Waals surface area (Å²) in [7, 11) is 0. The number of aliphatic hydroxyl groups excluding tert-OH is 1. The van der Waals surface area contributed by atoms with Crippen molar-refractivity contribution in [2.24, 2.45) is 0 Å². The Hall–Kier alpha value is -2.65. The first kappa shape index (κ1) is 20.3. The molecule has 0 saturated heterocycles. The number of aromatic nitrogens is 5. The van der Waals surface area contributed by atoms with E-state index < -0.39 is 6.23 Å². The summed E-state index contributed by atoms with van der Waals surface area (Å²) in [5, 5.41) is 19.1. The number of ether oxygens (including phenoxy) is 1. The van der Waals surface area contributed by atoms with Gasteiger partial charge in [-0.3, -0.25) is 15.0 Å². The van der Waals surface area contributed by atoms with E-state index in [4.69, 9.17) is 32.9 Å². The van der Waals surface area contributed by atoms with Crippen molar-refractivity contribution in [1.29, 1.82) is 0 Å². The van der Waals surface area contributed by atoms with Gasteiger partial charge in [-0.25, -0.2) is 4.98 Å². The Morgan fingerprint density at radius 2 is 1.94 bits per heavy atom. The average Bonchev–Trinajstić information content (AvgIpc) is 3.40. The van der Waals surface area contributed by atoms with E-state index in [-0.39, 0.29) is 6.10 Å². The van der Waals surface area contributed by atoms with E-state index in [2.05, 4.69) is 20.2 Å². The van der Waals surface area contributed by atoms with Gasteiger partial charge in [0.05, 0.1) is 26.9 Å². The number of rotatable bonds is 5. The number of nitrogens with one attached hydrogen (secondary N) is 2. The molecule has 2 atom stereocenters. The molecule has 0 bridgehead atoms. The van der Waals surface area contributed by atoms with Crippen LogP contribution in [-0.2, 0) is 13.1 Å². The Morgan fingerprint density at radius 3 is 2.65 bits per heavy atom. The zero-order chi connectivity index (χ0) is 21.7. The fraction of sp³-hybridized carbons (Fsp3) is 0.286. The molecule has 1 aliphatic rings. The van der Waals surface area contributed by atoms with Gasteiger partial charge in [-0.15, -0.1) is 0 Å². The third kappa shape index (κ3) is 3.65. The Bertz CT molecular complexity index is 1220. The summed E-state index contributed by atoms with van der Waals surface area (Å²) in [4.78, 5) is 14.0.